The molecule has 142 valence electrons. The maximum absolute atomic E-state index is 14.3. The fourth-order valence-electron chi connectivity index (χ4n) is 3.59. The maximum Gasteiger partial charge on any atom is 0.405 e. The summed E-state index contributed by atoms with van der Waals surface area (Å²) in [6, 6.07) is 0. The summed E-state index contributed by atoms with van der Waals surface area (Å²) >= 11 is 0. The lowest BCUT2D eigenvalue weighted by atomic mass is 9.57. The molecule has 1 rings (SSSR count). The van der Waals surface area contributed by atoms with E-state index in [0.29, 0.717) is 19.3 Å². The first-order chi connectivity index (χ1) is 10.8. The molecular weight excluding hydrogens is 317 g/mol. The number of halogens is 3. The molecule has 0 radical (unpaired) electrons. The molecule has 5 heteroatoms. The Kier molecular flexibility index (Phi) is 6.43. The van der Waals surface area contributed by atoms with Crippen molar-refractivity contribution in [2.24, 2.45) is 16.2 Å². The van der Waals surface area contributed by atoms with Gasteiger partial charge in [-0.1, -0.05) is 48.0 Å². The zero-order valence-electron chi connectivity index (χ0n) is 16.0. The van der Waals surface area contributed by atoms with Crippen LogP contribution in [0.25, 0.3) is 0 Å². The minimum Gasteiger partial charge on any atom is -0.462 e. The highest BCUT2D eigenvalue weighted by Gasteiger charge is 2.69. The minimum absolute atomic E-state index is 0.244. The Morgan fingerprint density at radius 2 is 1.50 bits per heavy atom. The summed E-state index contributed by atoms with van der Waals surface area (Å²) in [5, 5.41) is 0. The van der Waals surface area contributed by atoms with Crippen LogP contribution in [0.4, 0.5) is 13.2 Å². The van der Waals surface area contributed by atoms with Crippen LogP contribution in [0.5, 0.6) is 0 Å². The quantitative estimate of drug-likeness (QED) is 0.505. The highest BCUT2D eigenvalue weighted by atomic mass is 19.4. The second-order valence-electron chi connectivity index (χ2n) is 8.65. The fraction of sp³-hybridized carbons (Fsp3) is 0.947. The van der Waals surface area contributed by atoms with E-state index in [1.54, 1.807) is 34.6 Å². The molecule has 1 saturated carbocycles. The topological polar surface area (TPSA) is 26.3 Å². The van der Waals surface area contributed by atoms with Crippen LogP contribution in [-0.4, -0.2) is 18.2 Å². The first kappa shape index (κ1) is 21.3. The molecule has 1 aliphatic carbocycles. The van der Waals surface area contributed by atoms with Gasteiger partial charge in [0, 0.05) is 0 Å². The molecule has 0 aromatic heterocycles. The van der Waals surface area contributed by atoms with Gasteiger partial charge in [-0.25, -0.2) is 0 Å². The third-order valence-corrected chi connectivity index (χ3v) is 6.15. The summed E-state index contributed by atoms with van der Waals surface area (Å²) in [6.07, 6.45) is -1.26. The molecule has 0 aliphatic heterocycles. The van der Waals surface area contributed by atoms with Gasteiger partial charge in [-0.15, -0.1) is 0 Å². The van der Waals surface area contributed by atoms with E-state index in [9.17, 15) is 18.0 Å². The van der Waals surface area contributed by atoms with Gasteiger partial charge in [0.15, 0.2) is 5.41 Å². The monoisotopic (exact) mass is 350 g/mol. The molecule has 0 N–H and O–H groups in total. The van der Waals surface area contributed by atoms with Crippen molar-refractivity contribution in [2.45, 2.75) is 98.8 Å². The standard InChI is InChI=1S/C19H33F3O2/c1-7-16(3,4)13-18(19(20,21)22,17(5,6)8-2)15(23)24-14-11-9-10-12-14/h14H,7-13H2,1-6H3. The predicted molar refractivity (Wildman–Crippen MR) is 89.6 cm³/mol. The Hall–Kier alpha value is -0.740. The molecular formula is C19H33F3O2. The van der Waals surface area contributed by atoms with Gasteiger partial charge in [0.2, 0.25) is 0 Å². The second kappa shape index (κ2) is 7.25. The molecule has 1 fully saturated rings. The molecule has 0 aromatic carbocycles. The number of rotatable bonds is 7. The first-order valence-corrected chi connectivity index (χ1v) is 9.11. The molecule has 1 aliphatic rings. The zero-order chi connectivity index (χ0) is 18.8. The van der Waals surface area contributed by atoms with Gasteiger partial charge in [-0.05, 0) is 49.4 Å². The van der Waals surface area contributed by atoms with E-state index in [1.165, 1.54) is 0 Å². The maximum atomic E-state index is 14.3. The summed E-state index contributed by atoms with van der Waals surface area (Å²) in [5.41, 5.74) is -4.30. The summed E-state index contributed by atoms with van der Waals surface area (Å²) in [6.45, 7) is 10.2. The van der Waals surface area contributed by atoms with Crippen LogP contribution in [0.3, 0.4) is 0 Å². The lowest BCUT2D eigenvalue weighted by Crippen LogP contribution is -2.57. The van der Waals surface area contributed by atoms with E-state index in [2.05, 4.69) is 0 Å². The third-order valence-electron chi connectivity index (χ3n) is 6.15. The summed E-state index contributed by atoms with van der Waals surface area (Å²) in [7, 11) is 0. The number of ether oxygens (including phenoxy) is 1. The molecule has 0 aromatic rings. The van der Waals surface area contributed by atoms with Gasteiger partial charge < -0.3 is 4.74 Å². The van der Waals surface area contributed by atoms with E-state index in [1.807, 2.05) is 6.92 Å². The summed E-state index contributed by atoms with van der Waals surface area (Å²) in [5.74, 6) is -1.07. The largest absolute Gasteiger partial charge is 0.462 e. The highest BCUT2D eigenvalue weighted by Crippen LogP contribution is 2.59. The summed E-state index contributed by atoms with van der Waals surface area (Å²) in [4.78, 5) is 12.9. The van der Waals surface area contributed by atoms with E-state index in [4.69, 9.17) is 4.74 Å². The first-order valence-electron chi connectivity index (χ1n) is 9.11. The van der Waals surface area contributed by atoms with Crippen molar-refractivity contribution in [3.63, 3.8) is 0 Å². The smallest absolute Gasteiger partial charge is 0.405 e. The van der Waals surface area contributed by atoms with Gasteiger partial charge in [-0.3, -0.25) is 4.79 Å². The SMILES string of the molecule is CCC(C)(C)CC(C(=O)OC1CCCC1)(C(F)(F)F)C(C)(C)CC. The number of alkyl halides is 3. The Labute approximate surface area is 144 Å². The highest BCUT2D eigenvalue weighted by molar-refractivity contribution is 5.79. The van der Waals surface area contributed by atoms with E-state index < -0.39 is 28.4 Å². The zero-order valence-corrected chi connectivity index (χ0v) is 16.0. The predicted octanol–water partition coefficient (Wildman–Crippen LogP) is 6.28. The average Bonchev–Trinajstić information content (AvgIpc) is 2.96. The average molecular weight is 350 g/mol. The molecule has 2 nitrogen and oxygen atoms in total. The lowest BCUT2D eigenvalue weighted by molar-refractivity contribution is -0.274. The molecule has 0 amide bonds. The summed E-state index contributed by atoms with van der Waals surface area (Å²) < 4.78 is 48.5. The Morgan fingerprint density at radius 1 is 1.00 bits per heavy atom. The van der Waals surface area contributed by atoms with Gasteiger partial charge in [-0.2, -0.15) is 13.2 Å². The number of esters is 1. The third kappa shape index (κ3) is 4.08. The Bertz CT molecular complexity index is 434. The minimum atomic E-state index is -4.64. The Morgan fingerprint density at radius 3 is 1.88 bits per heavy atom. The lowest BCUT2D eigenvalue weighted by Gasteiger charge is -2.48. The van der Waals surface area contributed by atoms with Crippen LogP contribution in [0, 0.1) is 16.2 Å². The molecule has 1 atom stereocenters. The van der Waals surface area contributed by atoms with E-state index >= 15 is 0 Å². The number of carbonyl (C=O) groups is 1. The van der Waals surface area contributed by atoms with E-state index in [0.717, 1.165) is 12.8 Å². The van der Waals surface area contributed by atoms with Crippen molar-refractivity contribution < 1.29 is 22.7 Å². The molecule has 0 heterocycles. The number of carbonyl (C=O) groups excluding carboxylic acids is 1. The van der Waals surface area contributed by atoms with Crippen LogP contribution < -0.4 is 0 Å². The van der Waals surface area contributed by atoms with E-state index in [-0.39, 0.29) is 18.9 Å². The van der Waals surface area contributed by atoms with Gasteiger partial charge >= 0.3 is 12.1 Å². The normalized spacial score (nSPS) is 20.0. The Balaban J connectivity index is 3.36. The van der Waals surface area contributed by atoms with Crippen molar-refractivity contribution in [1.29, 1.82) is 0 Å². The molecule has 0 saturated heterocycles. The van der Waals surface area contributed by atoms with Crippen molar-refractivity contribution in [2.75, 3.05) is 0 Å². The second-order valence-corrected chi connectivity index (χ2v) is 8.65. The van der Waals surface area contributed by atoms with Crippen molar-refractivity contribution >= 4 is 5.97 Å². The molecule has 1 unspecified atom stereocenters. The van der Waals surface area contributed by atoms with Gasteiger partial charge in [0.25, 0.3) is 0 Å². The molecule has 0 spiro atoms. The number of hydrogen-bond donors (Lipinski definition) is 0. The van der Waals surface area contributed by atoms with Crippen molar-refractivity contribution in [3.8, 4) is 0 Å². The van der Waals surface area contributed by atoms with Crippen LogP contribution in [0.1, 0.15) is 86.5 Å². The molecule has 0 bridgehead atoms. The van der Waals surface area contributed by atoms with Gasteiger partial charge in [0.1, 0.15) is 6.10 Å². The van der Waals surface area contributed by atoms with Gasteiger partial charge in [0.05, 0.1) is 0 Å². The van der Waals surface area contributed by atoms with Crippen LogP contribution in [-0.2, 0) is 9.53 Å². The van der Waals surface area contributed by atoms with Crippen LogP contribution >= 0.6 is 0 Å². The van der Waals surface area contributed by atoms with Crippen LogP contribution in [0.2, 0.25) is 0 Å². The number of hydrogen-bond acceptors (Lipinski definition) is 2. The van der Waals surface area contributed by atoms with Crippen molar-refractivity contribution in [3.05, 3.63) is 0 Å². The molecule has 24 heavy (non-hydrogen) atoms. The van der Waals surface area contributed by atoms with Crippen LogP contribution in [0.15, 0.2) is 0 Å². The van der Waals surface area contributed by atoms with Crippen molar-refractivity contribution in [1.82, 2.24) is 0 Å². The fourth-order valence-corrected chi connectivity index (χ4v) is 3.59.